The van der Waals surface area contributed by atoms with Crippen molar-refractivity contribution in [2.45, 2.75) is 37.8 Å². The molecule has 4 N–H and O–H groups in total. The summed E-state index contributed by atoms with van der Waals surface area (Å²) in [6.45, 7) is 2.05. The zero-order valence-corrected chi connectivity index (χ0v) is 12.9. The van der Waals surface area contributed by atoms with E-state index in [0.717, 1.165) is 38.8 Å². The van der Waals surface area contributed by atoms with Gasteiger partial charge in [-0.1, -0.05) is 0 Å². The maximum absolute atomic E-state index is 12.3. The summed E-state index contributed by atoms with van der Waals surface area (Å²) >= 11 is 0. The van der Waals surface area contributed by atoms with Gasteiger partial charge in [0.2, 0.25) is 0 Å². The molecule has 1 unspecified atom stereocenters. The van der Waals surface area contributed by atoms with Crippen LogP contribution in [0.1, 0.15) is 36.0 Å². The van der Waals surface area contributed by atoms with Crippen LogP contribution < -0.4 is 10.6 Å². The van der Waals surface area contributed by atoms with Gasteiger partial charge in [0.15, 0.2) is 0 Å². The number of hydrogen-bond acceptors (Lipinski definition) is 3. The van der Waals surface area contributed by atoms with E-state index in [2.05, 4.69) is 15.6 Å². The van der Waals surface area contributed by atoms with Crippen molar-refractivity contribution in [3.8, 4) is 0 Å². The van der Waals surface area contributed by atoms with Gasteiger partial charge in [0.05, 0.1) is 11.7 Å². The molecule has 1 amide bonds. The Hall–Kier alpha value is -1.04. The molecule has 1 aromatic heterocycles. The number of piperidine rings is 1. The Labute approximate surface area is 131 Å². The topological polar surface area (TPSA) is 77.2 Å². The number of hydrogen-bond donors (Lipinski definition) is 4. The van der Waals surface area contributed by atoms with Gasteiger partial charge in [-0.2, -0.15) is 0 Å². The third-order valence-corrected chi connectivity index (χ3v) is 4.71. The molecule has 21 heavy (non-hydrogen) atoms. The molecule has 118 valence electrons. The van der Waals surface area contributed by atoms with Gasteiger partial charge in [-0.25, -0.2) is 0 Å². The van der Waals surface area contributed by atoms with Crippen molar-refractivity contribution in [3.05, 3.63) is 24.0 Å². The Kier molecular flexibility index (Phi) is 5.67. The van der Waals surface area contributed by atoms with E-state index in [1.807, 2.05) is 0 Å². The molecule has 6 heteroatoms. The highest BCUT2D eigenvalue weighted by Crippen LogP contribution is 2.35. The van der Waals surface area contributed by atoms with Crippen LogP contribution in [0.5, 0.6) is 0 Å². The highest BCUT2D eigenvalue weighted by Gasteiger charge is 2.39. The van der Waals surface area contributed by atoms with Gasteiger partial charge in [0.25, 0.3) is 5.91 Å². The van der Waals surface area contributed by atoms with Crippen LogP contribution in [0.25, 0.3) is 0 Å². The first kappa shape index (κ1) is 16.3. The number of aliphatic hydroxyl groups is 1. The van der Waals surface area contributed by atoms with Crippen molar-refractivity contribution in [2.75, 3.05) is 13.1 Å². The van der Waals surface area contributed by atoms with Crippen molar-refractivity contribution in [2.24, 2.45) is 11.8 Å². The average molecular weight is 314 g/mol. The second-order valence-corrected chi connectivity index (χ2v) is 6.07. The molecule has 2 fully saturated rings. The number of aromatic nitrogens is 1. The number of carbonyl (C=O) groups excluding carboxylic acids is 1. The van der Waals surface area contributed by atoms with Gasteiger partial charge in [0, 0.05) is 18.4 Å². The quantitative estimate of drug-likeness (QED) is 0.677. The van der Waals surface area contributed by atoms with Crippen LogP contribution in [-0.4, -0.2) is 41.2 Å². The summed E-state index contributed by atoms with van der Waals surface area (Å²) in [7, 11) is 0. The van der Waals surface area contributed by atoms with Crippen LogP contribution in [-0.2, 0) is 0 Å². The molecule has 0 aromatic carbocycles. The van der Waals surface area contributed by atoms with Gasteiger partial charge in [0.1, 0.15) is 0 Å². The molecule has 3 rings (SSSR count). The SMILES string of the molecule is Cl.O=C(NC(C1CCNCC1)C1CC(O)C1)c1cc[nH]c1. The largest absolute Gasteiger partial charge is 0.393 e. The highest BCUT2D eigenvalue weighted by molar-refractivity contribution is 5.94. The Balaban J connectivity index is 0.00000161. The minimum Gasteiger partial charge on any atom is -0.393 e. The van der Waals surface area contributed by atoms with Crippen LogP contribution >= 0.6 is 12.4 Å². The monoisotopic (exact) mass is 313 g/mol. The van der Waals surface area contributed by atoms with Gasteiger partial charge in [-0.3, -0.25) is 4.79 Å². The second-order valence-electron chi connectivity index (χ2n) is 6.07. The Morgan fingerprint density at radius 2 is 2.00 bits per heavy atom. The summed E-state index contributed by atoms with van der Waals surface area (Å²) in [5.74, 6) is 0.948. The number of nitrogens with one attached hydrogen (secondary N) is 3. The molecule has 1 aliphatic carbocycles. The first-order valence-electron chi connectivity index (χ1n) is 7.56. The summed E-state index contributed by atoms with van der Waals surface area (Å²) in [5.41, 5.74) is 0.684. The molecule has 1 saturated carbocycles. The fraction of sp³-hybridized carbons (Fsp3) is 0.667. The zero-order valence-electron chi connectivity index (χ0n) is 12.0. The number of rotatable bonds is 4. The van der Waals surface area contributed by atoms with E-state index in [4.69, 9.17) is 0 Å². The molecular weight excluding hydrogens is 290 g/mol. The third-order valence-electron chi connectivity index (χ3n) is 4.71. The number of halogens is 1. The predicted octanol–water partition coefficient (Wildman–Crippen LogP) is 1.31. The molecule has 2 aliphatic rings. The Morgan fingerprint density at radius 1 is 1.29 bits per heavy atom. The lowest BCUT2D eigenvalue weighted by Crippen LogP contribution is -2.52. The van der Waals surface area contributed by atoms with Crippen molar-refractivity contribution < 1.29 is 9.90 Å². The van der Waals surface area contributed by atoms with Crippen molar-refractivity contribution in [3.63, 3.8) is 0 Å². The number of H-pyrrole nitrogens is 1. The van der Waals surface area contributed by atoms with E-state index in [1.54, 1.807) is 18.5 Å². The molecule has 0 radical (unpaired) electrons. The highest BCUT2D eigenvalue weighted by atomic mass is 35.5. The minimum absolute atomic E-state index is 0. The van der Waals surface area contributed by atoms with E-state index in [1.165, 1.54) is 0 Å². The van der Waals surface area contributed by atoms with Gasteiger partial charge in [-0.05, 0) is 56.7 Å². The molecule has 1 saturated heterocycles. The number of aliphatic hydroxyl groups excluding tert-OH is 1. The minimum atomic E-state index is -0.173. The summed E-state index contributed by atoms with van der Waals surface area (Å²) in [5, 5.41) is 16.1. The number of aromatic amines is 1. The number of amides is 1. The Morgan fingerprint density at radius 3 is 2.57 bits per heavy atom. The molecule has 0 bridgehead atoms. The lowest BCUT2D eigenvalue weighted by atomic mass is 9.71. The lowest BCUT2D eigenvalue weighted by Gasteiger charge is -2.43. The van der Waals surface area contributed by atoms with Gasteiger partial charge in [-0.15, -0.1) is 12.4 Å². The average Bonchev–Trinajstić information content (AvgIpc) is 2.97. The van der Waals surface area contributed by atoms with E-state index in [9.17, 15) is 9.90 Å². The van der Waals surface area contributed by atoms with Crippen molar-refractivity contribution >= 4 is 18.3 Å². The van der Waals surface area contributed by atoms with Crippen LogP contribution in [0.15, 0.2) is 18.5 Å². The molecule has 0 spiro atoms. The Bertz CT molecular complexity index is 440. The second kappa shape index (κ2) is 7.29. The maximum atomic E-state index is 12.3. The first-order valence-corrected chi connectivity index (χ1v) is 7.56. The molecule has 1 aliphatic heterocycles. The summed E-state index contributed by atoms with van der Waals surface area (Å²) in [6.07, 6.45) is 7.17. The summed E-state index contributed by atoms with van der Waals surface area (Å²) in [6, 6.07) is 1.99. The van der Waals surface area contributed by atoms with E-state index >= 15 is 0 Å². The molecule has 2 heterocycles. The molecule has 1 atom stereocenters. The first-order chi connectivity index (χ1) is 9.74. The van der Waals surface area contributed by atoms with Crippen LogP contribution in [0, 0.1) is 11.8 Å². The van der Waals surface area contributed by atoms with Gasteiger partial charge >= 0.3 is 0 Å². The smallest absolute Gasteiger partial charge is 0.253 e. The van der Waals surface area contributed by atoms with Crippen molar-refractivity contribution in [1.82, 2.24) is 15.6 Å². The maximum Gasteiger partial charge on any atom is 0.253 e. The van der Waals surface area contributed by atoms with Gasteiger partial charge < -0.3 is 20.7 Å². The lowest BCUT2D eigenvalue weighted by molar-refractivity contribution is 0.00919. The predicted molar refractivity (Wildman–Crippen MR) is 83.6 cm³/mol. The van der Waals surface area contributed by atoms with Crippen molar-refractivity contribution in [1.29, 1.82) is 0 Å². The molecule has 1 aromatic rings. The standard InChI is InChI=1S/C15H23N3O2.ClH/c19-13-7-12(8-13)14(10-1-4-16-5-2-10)18-15(20)11-3-6-17-9-11;/h3,6,9-10,12-14,16-17,19H,1-2,4-5,7-8H2,(H,18,20);1H. The van der Waals surface area contributed by atoms with Crippen LogP contribution in [0.4, 0.5) is 0 Å². The van der Waals surface area contributed by atoms with E-state index < -0.39 is 0 Å². The molecule has 5 nitrogen and oxygen atoms in total. The molecular formula is C15H24ClN3O2. The third kappa shape index (κ3) is 3.78. The van der Waals surface area contributed by atoms with Crippen LogP contribution in [0.3, 0.4) is 0 Å². The number of carbonyl (C=O) groups is 1. The van der Waals surface area contributed by atoms with E-state index in [0.29, 0.717) is 17.4 Å². The summed E-state index contributed by atoms with van der Waals surface area (Å²) in [4.78, 5) is 15.2. The fourth-order valence-corrected chi connectivity index (χ4v) is 3.45. The fourth-order valence-electron chi connectivity index (χ4n) is 3.45. The summed E-state index contributed by atoms with van der Waals surface area (Å²) < 4.78 is 0. The normalized spacial score (nSPS) is 27.3. The zero-order chi connectivity index (χ0) is 13.9. The van der Waals surface area contributed by atoms with E-state index in [-0.39, 0.29) is 30.5 Å². The van der Waals surface area contributed by atoms with Crippen LogP contribution in [0.2, 0.25) is 0 Å².